The minimum absolute atomic E-state index is 0.0343. The van der Waals surface area contributed by atoms with Crippen molar-refractivity contribution in [3.8, 4) is 11.5 Å². The average Bonchev–Trinajstić information content (AvgIpc) is 2.62. The number of carbonyl (C=O) groups excluding carboxylic acids is 1. The topological polar surface area (TPSA) is 72.1 Å². The second-order valence-electron chi connectivity index (χ2n) is 6.01. The number of para-hydroxylation sites is 1. The van der Waals surface area contributed by atoms with E-state index in [1.807, 2.05) is 18.2 Å². The van der Waals surface area contributed by atoms with Gasteiger partial charge in [0.1, 0.15) is 6.61 Å². The van der Waals surface area contributed by atoms with Crippen LogP contribution in [0.3, 0.4) is 0 Å². The van der Waals surface area contributed by atoms with Gasteiger partial charge in [0.15, 0.2) is 11.5 Å². The van der Waals surface area contributed by atoms with E-state index in [9.17, 15) is 4.79 Å². The summed E-state index contributed by atoms with van der Waals surface area (Å²) in [5, 5.41) is 5.89. The van der Waals surface area contributed by atoms with E-state index in [-0.39, 0.29) is 12.1 Å². The van der Waals surface area contributed by atoms with E-state index in [1.165, 1.54) is 0 Å². The molecule has 2 N–H and O–H groups in total. The predicted molar refractivity (Wildman–Crippen MR) is 89.8 cm³/mol. The van der Waals surface area contributed by atoms with Gasteiger partial charge in [-0.15, -0.1) is 0 Å². The van der Waals surface area contributed by atoms with Crippen LogP contribution in [-0.4, -0.2) is 70.1 Å². The Balaban J connectivity index is 1.42. The van der Waals surface area contributed by atoms with Gasteiger partial charge in [0.25, 0.3) is 0 Å². The number of ether oxygens (including phenoxy) is 3. The molecule has 7 heteroatoms. The molecule has 1 atom stereocenters. The maximum absolute atomic E-state index is 12.0. The van der Waals surface area contributed by atoms with Crippen molar-refractivity contribution in [3.05, 3.63) is 23.8 Å². The number of urea groups is 1. The summed E-state index contributed by atoms with van der Waals surface area (Å²) in [5.41, 5.74) is 1.05. The molecule has 3 rings (SSSR count). The second-order valence-corrected chi connectivity index (χ2v) is 6.01. The van der Waals surface area contributed by atoms with Gasteiger partial charge in [-0.25, -0.2) is 4.79 Å². The fourth-order valence-corrected chi connectivity index (χ4v) is 3.04. The number of nitrogens with one attached hydrogen (secondary N) is 2. The minimum Gasteiger partial charge on any atom is -0.493 e. The van der Waals surface area contributed by atoms with Crippen molar-refractivity contribution >= 4 is 6.03 Å². The first-order chi connectivity index (χ1) is 11.8. The van der Waals surface area contributed by atoms with Crippen LogP contribution in [0, 0.1) is 0 Å². The molecule has 1 saturated heterocycles. The molecule has 1 aromatic carbocycles. The number of hydrogen-bond donors (Lipinski definition) is 2. The Bertz CT molecular complexity index is 561. The zero-order chi connectivity index (χ0) is 16.8. The fraction of sp³-hybridized carbons (Fsp3) is 0.588. The molecule has 0 aliphatic carbocycles. The molecule has 2 heterocycles. The SMILES string of the molecule is COc1cccc2c1OC[C@@H](NC(=O)NCCN1CCOCC1)C2. The minimum atomic E-state index is -0.150. The van der Waals surface area contributed by atoms with E-state index in [4.69, 9.17) is 14.2 Å². The summed E-state index contributed by atoms with van der Waals surface area (Å²) in [6, 6.07) is 5.63. The number of amides is 2. The third kappa shape index (κ3) is 4.30. The molecule has 0 aromatic heterocycles. The fourth-order valence-electron chi connectivity index (χ4n) is 3.04. The van der Waals surface area contributed by atoms with E-state index >= 15 is 0 Å². The lowest BCUT2D eigenvalue weighted by molar-refractivity contribution is 0.0387. The molecule has 0 saturated carbocycles. The van der Waals surface area contributed by atoms with Crippen LogP contribution in [0.25, 0.3) is 0 Å². The Morgan fingerprint density at radius 1 is 1.38 bits per heavy atom. The Labute approximate surface area is 142 Å². The Morgan fingerprint density at radius 3 is 3.00 bits per heavy atom. The van der Waals surface area contributed by atoms with Gasteiger partial charge in [0.05, 0.1) is 26.4 Å². The Morgan fingerprint density at radius 2 is 2.21 bits per heavy atom. The lowest BCUT2D eigenvalue weighted by atomic mass is 10.0. The van der Waals surface area contributed by atoms with Gasteiger partial charge in [0, 0.05) is 31.7 Å². The van der Waals surface area contributed by atoms with E-state index < -0.39 is 0 Å². The molecule has 0 spiro atoms. The van der Waals surface area contributed by atoms with E-state index in [0.29, 0.717) is 13.2 Å². The molecule has 132 valence electrons. The molecule has 7 nitrogen and oxygen atoms in total. The molecule has 0 unspecified atom stereocenters. The van der Waals surface area contributed by atoms with Crippen molar-refractivity contribution in [2.75, 3.05) is 53.1 Å². The van der Waals surface area contributed by atoms with Crippen LogP contribution in [0.4, 0.5) is 4.79 Å². The summed E-state index contributed by atoms with van der Waals surface area (Å²) in [4.78, 5) is 14.3. The molecule has 24 heavy (non-hydrogen) atoms. The highest BCUT2D eigenvalue weighted by Gasteiger charge is 2.23. The molecule has 2 aliphatic rings. The summed E-state index contributed by atoms with van der Waals surface area (Å²) in [6.07, 6.45) is 0.740. The highest BCUT2D eigenvalue weighted by atomic mass is 16.5. The molecule has 2 aliphatic heterocycles. The second kappa shape index (κ2) is 8.21. The molecule has 1 aromatic rings. The van der Waals surface area contributed by atoms with Crippen molar-refractivity contribution in [2.24, 2.45) is 0 Å². The molecule has 1 fully saturated rings. The highest BCUT2D eigenvalue weighted by Crippen LogP contribution is 2.34. The number of fused-ring (bicyclic) bond motifs is 1. The predicted octanol–water partition coefficient (Wildman–Crippen LogP) is 0.630. The number of morpholine rings is 1. The van der Waals surface area contributed by atoms with E-state index in [2.05, 4.69) is 15.5 Å². The van der Waals surface area contributed by atoms with Crippen LogP contribution in [0.5, 0.6) is 11.5 Å². The molecular weight excluding hydrogens is 310 g/mol. The monoisotopic (exact) mass is 335 g/mol. The van der Waals surface area contributed by atoms with Crippen molar-refractivity contribution in [3.63, 3.8) is 0 Å². The lowest BCUT2D eigenvalue weighted by Crippen LogP contribution is -2.49. The van der Waals surface area contributed by atoms with Gasteiger partial charge in [-0.3, -0.25) is 4.90 Å². The van der Waals surface area contributed by atoms with Crippen LogP contribution < -0.4 is 20.1 Å². The van der Waals surface area contributed by atoms with Crippen LogP contribution in [0.2, 0.25) is 0 Å². The maximum Gasteiger partial charge on any atom is 0.315 e. The van der Waals surface area contributed by atoms with Gasteiger partial charge in [-0.05, 0) is 12.5 Å². The third-order valence-electron chi connectivity index (χ3n) is 4.33. The first kappa shape index (κ1) is 16.9. The van der Waals surface area contributed by atoms with Crippen molar-refractivity contribution < 1.29 is 19.0 Å². The zero-order valence-electron chi connectivity index (χ0n) is 14.0. The summed E-state index contributed by atoms with van der Waals surface area (Å²) in [7, 11) is 1.63. The summed E-state index contributed by atoms with van der Waals surface area (Å²) >= 11 is 0. The largest absolute Gasteiger partial charge is 0.493 e. The highest BCUT2D eigenvalue weighted by molar-refractivity contribution is 5.74. The van der Waals surface area contributed by atoms with Crippen LogP contribution in [0.15, 0.2) is 18.2 Å². The summed E-state index contributed by atoms with van der Waals surface area (Å²) in [6.45, 7) is 5.33. The number of nitrogens with zero attached hydrogens (tertiary/aromatic N) is 1. The van der Waals surface area contributed by atoms with Crippen molar-refractivity contribution in [2.45, 2.75) is 12.5 Å². The number of hydrogen-bond acceptors (Lipinski definition) is 5. The number of carbonyl (C=O) groups is 1. The van der Waals surface area contributed by atoms with Gasteiger partial charge >= 0.3 is 6.03 Å². The van der Waals surface area contributed by atoms with E-state index in [1.54, 1.807) is 7.11 Å². The smallest absolute Gasteiger partial charge is 0.315 e. The van der Waals surface area contributed by atoms with Gasteiger partial charge in [0.2, 0.25) is 0 Å². The summed E-state index contributed by atoms with van der Waals surface area (Å²) < 4.78 is 16.4. The molecule has 0 radical (unpaired) electrons. The van der Waals surface area contributed by atoms with Crippen molar-refractivity contribution in [1.29, 1.82) is 0 Å². The number of rotatable bonds is 5. The Hall–Kier alpha value is -1.99. The zero-order valence-corrected chi connectivity index (χ0v) is 14.0. The third-order valence-corrected chi connectivity index (χ3v) is 4.33. The first-order valence-electron chi connectivity index (χ1n) is 8.39. The van der Waals surface area contributed by atoms with Gasteiger partial charge < -0.3 is 24.8 Å². The van der Waals surface area contributed by atoms with Crippen molar-refractivity contribution in [1.82, 2.24) is 15.5 Å². The Kier molecular flexibility index (Phi) is 5.77. The molecule has 0 bridgehead atoms. The summed E-state index contributed by atoms with van der Waals surface area (Å²) in [5.74, 6) is 1.52. The van der Waals surface area contributed by atoms with E-state index in [0.717, 1.165) is 56.3 Å². The normalized spacial score (nSPS) is 20.6. The van der Waals surface area contributed by atoms with Gasteiger partial charge in [-0.2, -0.15) is 0 Å². The molecular formula is C17H25N3O4. The first-order valence-corrected chi connectivity index (χ1v) is 8.39. The average molecular weight is 335 g/mol. The lowest BCUT2D eigenvalue weighted by Gasteiger charge is -2.28. The van der Waals surface area contributed by atoms with Crippen LogP contribution in [0.1, 0.15) is 5.56 Å². The maximum atomic E-state index is 12.0. The standard InChI is InChI=1S/C17H25N3O4/c1-22-15-4-2-3-13-11-14(12-24-16(13)15)19-17(21)18-5-6-20-7-9-23-10-8-20/h2-4,14H,5-12H2,1H3,(H2,18,19,21)/t14-/m0/s1. The molecule has 2 amide bonds. The quantitative estimate of drug-likeness (QED) is 0.826. The number of benzene rings is 1. The van der Waals surface area contributed by atoms with Crippen LogP contribution in [-0.2, 0) is 11.2 Å². The number of methoxy groups -OCH3 is 1. The van der Waals surface area contributed by atoms with Gasteiger partial charge in [-0.1, -0.05) is 12.1 Å². The van der Waals surface area contributed by atoms with Crippen LogP contribution >= 0.6 is 0 Å².